The summed E-state index contributed by atoms with van der Waals surface area (Å²) in [5.74, 6) is -6.32. The largest absolute Gasteiger partial charge is 0.462 e. The normalized spacial score (nSPS) is 17.8. The van der Waals surface area contributed by atoms with Crippen LogP contribution < -0.4 is 0 Å². The Morgan fingerprint density at radius 1 is 1.12 bits per heavy atom. The van der Waals surface area contributed by atoms with Gasteiger partial charge in [0.25, 0.3) is 0 Å². The summed E-state index contributed by atoms with van der Waals surface area (Å²) in [5.41, 5.74) is 0. The lowest BCUT2D eigenvalue weighted by Crippen LogP contribution is -2.53. The summed E-state index contributed by atoms with van der Waals surface area (Å²) in [5, 5.41) is 0. The van der Waals surface area contributed by atoms with Gasteiger partial charge in [0.15, 0.2) is 0 Å². The first-order valence-corrected chi connectivity index (χ1v) is 3.92. The number of allylic oxidation sites excluding steroid dienone is 1. The van der Waals surface area contributed by atoms with Crippen LogP contribution in [0.3, 0.4) is 0 Å². The lowest BCUT2D eigenvalue weighted by atomic mass is 10.3. The second kappa shape index (κ2) is 5.03. The van der Waals surface area contributed by atoms with Crippen LogP contribution in [0.1, 0.15) is 16.1 Å². The summed E-state index contributed by atoms with van der Waals surface area (Å²) in [7, 11) is 0. The monoisotopic (exact) mass is 258 g/mol. The van der Waals surface area contributed by atoms with Crippen molar-refractivity contribution in [1.82, 2.24) is 0 Å². The van der Waals surface area contributed by atoms with Gasteiger partial charge in [0.1, 0.15) is 0 Å². The number of halogens is 7. The van der Waals surface area contributed by atoms with Crippen LogP contribution in [0, 0.1) is 0 Å². The fourth-order valence-electron chi connectivity index (χ4n) is 0.611. The van der Waals surface area contributed by atoms with Gasteiger partial charge in [-0.3, -0.25) is 0 Å². The summed E-state index contributed by atoms with van der Waals surface area (Å²) in [6.45, 7) is -0.0987. The maximum atomic E-state index is 12.5. The zero-order valence-electron chi connectivity index (χ0n) is 9.97. The summed E-state index contributed by atoms with van der Waals surface area (Å²) in [6.07, 6.45) is -12.8. The van der Waals surface area contributed by atoms with Gasteiger partial charge in [-0.25, -0.2) is 0 Å². The standard InChI is InChI=1S/C8H9F7O/c1-2-3-4-5-16-8(14,15)6(9,10)7(11,12)13/h2-3H,4-5H2,1H3/i2T,3T. The van der Waals surface area contributed by atoms with Crippen molar-refractivity contribution in [1.29, 1.82) is 0 Å². The van der Waals surface area contributed by atoms with E-state index in [1.807, 2.05) is 0 Å². The highest BCUT2D eigenvalue weighted by atomic mass is 19.4. The van der Waals surface area contributed by atoms with E-state index in [9.17, 15) is 30.7 Å². The van der Waals surface area contributed by atoms with Crippen LogP contribution in [0.2, 0.25) is 0 Å². The molecule has 0 rings (SSSR count). The molecule has 0 heterocycles. The Kier molecular flexibility index (Phi) is 3.67. The maximum Gasteiger partial charge on any atom is 0.462 e. The van der Waals surface area contributed by atoms with Crippen LogP contribution in [-0.2, 0) is 4.74 Å². The fraction of sp³-hybridized carbons (Fsp3) is 0.750. The molecule has 0 fully saturated rings. The average molecular weight is 258 g/mol. The third kappa shape index (κ3) is 3.36. The Bertz CT molecular complexity index is 320. The number of ether oxygens (including phenoxy) is 1. The quantitative estimate of drug-likeness (QED) is 0.539. The highest BCUT2D eigenvalue weighted by Crippen LogP contribution is 2.46. The van der Waals surface area contributed by atoms with Crippen LogP contribution in [0.25, 0.3) is 0 Å². The van der Waals surface area contributed by atoms with Gasteiger partial charge in [-0.15, -0.1) is 0 Å². The molecule has 0 aromatic carbocycles. The SMILES string of the molecule is [3H]C(C)=C([3H])CCOC(F)(F)C(F)(F)C(F)(F)F. The van der Waals surface area contributed by atoms with Crippen LogP contribution in [0.15, 0.2) is 12.1 Å². The number of hydrogen-bond acceptors (Lipinski definition) is 1. The Hall–Kier alpha value is -0.790. The minimum Gasteiger partial charge on any atom is -0.315 e. The molecule has 1 nitrogen and oxygen atoms in total. The van der Waals surface area contributed by atoms with E-state index in [4.69, 9.17) is 2.74 Å². The topological polar surface area (TPSA) is 9.23 Å². The van der Waals surface area contributed by atoms with E-state index in [2.05, 4.69) is 4.74 Å². The highest BCUT2D eigenvalue weighted by molar-refractivity contribution is 4.85. The van der Waals surface area contributed by atoms with Gasteiger partial charge >= 0.3 is 18.2 Å². The predicted octanol–water partition coefficient (Wildman–Crippen LogP) is 3.76. The Morgan fingerprint density at radius 3 is 2.00 bits per heavy atom. The van der Waals surface area contributed by atoms with E-state index in [1.54, 1.807) is 0 Å². The molecule has 96 valence electrons. The van der Waals surface area contributed by atoms with Crippen LogP contribution in [0.5, 0.6) is 0 Å². The second-order valence-electron chi connectivity index (χ2n) is 2.61. The summed E-state index contributed by atoms with van der Waals surface area (Å²) in [6, 6.07) is -0.828. The van der Waals surface area contributed by atoms with Gasteiger partial charge in [0, 0.05) is 0 Å². The van der Waals surface area contributed by atoms with Crippen molar-refractivity contribution in [3.05, 3.63) is 12.1 Å². The Balaban J connectivity index is 4.64. The molecule has 0 unspecified atom stereocenters. The third-order valence-electron chi connectivity index (χ3n) is 1.41. The summed E-state index contributed by atoms with van der Waals surface area (Å²) >= 11 is 0. The first kappa shape index (κ1) is 11.7. The molecule has 0 atom stereocenters. The molecular weight excluding hydrogens is 245 g/mol. The van der Waals surface area contributed by atoms with Crippen LogP contribution in [0.4, 0.5) is 30.7 Å². The van der Waals surface area contributed by atoms with Gasteiger partial charge < -0.3 is 4.74 Å². The minimum atomic E-state index is -6.44. The van der Waals surface area contributed by atoms with Crippen molar-refractivity contribution >= 4 is 0 Å². The van der Waals surface area contributed by atoms with E-state index in [0.717, 1.165) is 6.92 Å². The van der Waals surface area contributed by atoms with Crippen molar-refractivity contribution in [2.75, 3.05) is 6.61 Å². The predicted molar refractivity (Wildman–Crippen MR) is 41.3 cm³/mol. The Morgan fingerprint density at radius 2 is 1.62 bits per heavy atom. The molecule has 8 heteroatoms. The first-order chi connectivity index (χ1) is 7.83. The third-order valence-corrected chi connectivity index (χ3v) is 1.41. The molecule has 0 saturated heterocycles. The smallest absolute Gasteiger partial charge is 0.315 e. The first-order valence-electron chi connectivity index (χ1n) is 4.92. The van der Waals surface area contributed by atoms with Gasteiger partial charge in [0.05, 0.1) is 9.35 Å². The van der Waals surface area contributed by atoms with E-state index in [0.29, 0.717) is 0 Å². The number of alkyl halides is 7. The lowest BCUT2D eigenvalue weighted by Gasteiger charge is -2.27. The molecule has 0 spiro atoms. The molecule has 16 heavy (non-hydrogen) atoms. The van der Waals surface area contributed by atoms with E-state index in [1.165, 1.54) is 0 Å². The molecule has 0 aromatic rings. The van der Waals surface area contributed by atoms with Crippen molar-refractivity contribution < 1.29 is 38.2 Å². The van der Waals surface area contributed by atoms with E-state index < -0.39 is 37.3 Å². The fourth-order valence-corrected chi connectivity index (χ4v) is 0.611. The zero-order valence-corrected chi connectivity index (χ0v) is 7.97. The zero-order chi connectivity index (χ0) is 14.8. The molecule has 0 amide bonds. The summed E-state index contributed by atoms with van der Waals surface area (Å²) < 4.78 is 102. The van der Waals surface area contributed by atoms with Crippen molar-refractivity contribution in [3.63, 3.8) is 0 Å². The molecule has 0 N–H and O–H groups in total. The molecule has 0 radical (unpaired) electrons. The average Bonchev–Trinajstić information content (AvgIpc) is 2.14. The van der Waals surface area contributed by atoms with Crippen molar-refractivity contribution in [3.8, 4) is 0 Å². The molecule has 0 aromatic heterocycles. The van der Waals surface area contributed by atoms with Gasteiger partial charge in [-0.1, -0.05) is 12.1 Å². The molecule has 0 aliphatic carbocycles. The highest BCUT2D eigenvalue weighted by Gasteiger charge is 2.74. The molecule has 0 aliphatic heterocycles. The molecule has 0 saturated carbocycles. The van der Waals surface area contributed by atoms with E-state index in [-0.39, 0.29) is 6.05 Å². The van der Waals surface area contributed by atoms with Gasteiger partial charge in [-0.2, -0.15) is 30.7 Å². The molecule has 0 bridgehead atoms. The minimum absolute atomic E-state index is 0.329. The maximum absolute atomic E-state index is 12.5. The summed E-state index contributed by atoms with van der Waals surface area (Å²) in [4.78, 5) is 0. The van der Waals surface area contributed by atoms with Crippen LogP contribution in [-0.4, -0.2) is 24.8 Å². The van der Waals surface area contributed by atoms with Crippen molar-refractivity contribution in [2.45, 2.75) is 31.6 Å². The molecular formula is C8H9F7O. The van der Waals surface area contributed by atoms with Crippen LogP contribution >= 0.6 is 0 Å². The van der Waals surface area contributed by atoms with Crippen molar-refractivity contribution in [2.24, 2.45) is 0 Å². The molecule has 0 aliphatic rings. The number of hydrogen-bond donors (Lipinski definition) is 0. The lowest BCUT2D eigenvalue weighted by molar-refractivity contribution is -0.423. The number of rotatable bonds is 5. The van der Waals surface area contributed by atoms with Gasteiger partial charge in [-0.05, 0) is 13.3 Å². The second-order valence-corrected chi connectivity index (χ2v) is 2.61. The van der Waals surface area contributed by atoms with E-state index >= 15 is 0 Å². The van der Waals surface area contributed by atoms with Gasteiger partial charge in [0.2, 0.25) is 0 Å². The Labute approximate surface area is 89.7 Å².